The van der Waals surface area contributed by atoms with Crippen LogP contribution < -0.4 is 5.32 Å². The summed E-state index contributed by atoms with van der Waals surface area (Å²) in [5.74, 6) is -2.31. The third-order valence-corrected chi connectivity index (χ3v) is 4.10. The Labute approximate surface area is 133 Å². The molecule has 0 aliphatic carbocycles. The molecule has 0 bridgehead atoms. The van der Waals surface area contributed by atoms with Gasteiger partial charge in [0.05, 0.1) is 21.5 Å². The molecule has 0 radical (unpaired) electrons. The van der Waals surface area contributed by atoms with E-state index >= 15 is 0 Å². The van der Waals surface area contributed by atoms with Gasteiger partial charge in [-0.2, -0.15) is 0 Å². The molecule has 0 spiro atoms. The Morgan fingerprint density at radius 2 is 1.77 bits per heavy atom. The zero-order valence-corrected chi connectivity index (χ0v) is 13.0. The van der Waals surface area contributed by atoms with Gasteiger partial charge in [-0.1, -0.05) is 6.07 Å². The molecule has 1 heterocycles. The van der Waals surface area contributed by atoms with Gasteiger partial charge in [0.2, 0.25) is 0 Å². The molecule has 6 heteroatoms. The molecular weight excluding hydrogens is 357 g/mol. The van der Waals surface area contributed by atoms with Crippen molar-refractivity contribution in [2.24, 2.45) is 0 Å². The normalized spacial score (nSPS) is 11.0. The number of aryl methyl sites for hydroxylation is 1. The van der Waals surface area contributed by atoms with Crippen molar-refractivity contribution in [1.29, 1.82) is 0 Å². The topological polar surface area (TPSA) is 24.9 Å². The highest BCUT2D eigenvalue weighted by atomic mass is 79.9. The number of rotatable bonds is 2. The Morgan fingerprint density at radius 3 is 2.55 bits per heavy atom. The van der Waals surface area contributed by atoms with E-state index in [0.717, 1.165) is 6.07 Å². The Morgan fingerprint density at radius 1 is 1.00 bits per heavy atom. The van der Waals surface area contributed by atoms with Crippen LogP contribution in [0.4, 0.5) is 24.5 Å². The Bertz CT molecular complexity index is 881. The van der Waals surface area contributed by atoms with E-state index in [1.807, 2.05) is 0 Å². The first-order valence-corrected chi connectivity index (χ1v) is 7.23. The highest BCUT2D eigenvalue weighted by Gasteiger charge is 2.12. The molecule has 2 nitrogen and oxygen atoms in total. The van der Waals surface area contributed by atoms with E-state index in [9.17, 15) is 13.2 Å². The zero-order valence-electron chi connectivity index (χ0n) is 11.4. The molecule has 0 fully saturated rings. The van der Waals surface area contributed by atoms with Gasteiger partial charge in [-0.3, -0.25) is 0 Å². The van der Waals surface area contributed by atoms with E-state index in [2.05, 4.69) is 26.2 Å². The first-order chi connectivity index (χ1) is 10.5. The summed E-state index contributed by atoms with van der Waals surface area (Å²) in [6.45, 7) is 1.67. The van der Waals surface area contributed by atoms with Crippen LogP contribution in [0.3, 0.4) is 0 Å². The molecule has 3 aromatic rings. The molecule has 0 saturated carbocycles. The summed E-state index contributed by atoms with van der Waals surface area (Å²) < 4.78 is 40.8. The van der Waals surface area contributed by atoms with Crippen molar-refractivity contribution < 1.29 is 13.2 Å². The largest absolute Gasteiger partial charge is 0.353 e. The second-order valence-electron chi connectivity index (χ2n) is 4.78. The monoisotopic (exact) mass is 366 g/mol. The Hall–Kier alpha value is -2.08. The van der Waals surface area contributed by atoms with Crippen molar-refractivity contribution in [3.8, 4) is 0 Å². The van der Waals surface area contributed by atoms with E-state index < -0.39 is 17.5 Å². The van der Waals surface area contributed by atoms with Gasteiger partial charge in [0.1, 0.15) is 11.3 Å². The number of fused-ring (bicyclic) bond motifs is 1. The second-order valence-corrected chi connectivity index (χ2v) is 5.57. The molecule has 0 aliphatic heterocycles. The summed E-state index contributed by atoms with van der Waals surface area (Å²) in [5, 5.41) is 3.50. The van der Waals surface area contributed by atoms with E-state index in [1.54, 1.807) is 25.1 Å². The second kappa shape index (κ2) is 5.61. The highest BCUT2D eigenvalue weighted by molar-refractivity contribution is 9.10. The zero-order chi connectivity index (χ0) is 15.9. The fraction of sp³-hybridized carbons (Fsp3) is 0.0625. The maximum absolute atomic E-state index is 13.7. The summed E-state index contributed by atoms with van der Waals surface area (Å²) in [7, 11) is 0. The minimum absolute atomic E-state index is 0.0265. The molecule has 0 amide bonds. The van der Waals surface area contributed by atoms with Crippen LogP contribution in [-0.2, 0) is 0 Å². The molecule has 1 aromatic heterocycles. The fourth-order valence-electron chi connectivity index (χ4n) is 2.14. The number of nitrogens with zero attached hydrogens (tertiary/aromatic N) is 1. The van der Waals surface area contributed by atoms with Gasteiger partial charge in [0.15, 0.2) is 11.6 Å². The van der Waals surface area contributed by atoms with Crippen LogP contribution in [0.5, 0.6) is 0 Å². The lowest BCUT2D eigenvalue weighted by Crippen LogP contribution is -1.99. The lowest BCUT2D eigenvalue weighted by Gasteiger charge is -2.12. The number of anilines is 2. The van der Waals surface area contributed by atoms with E-state index in [1.165, 1.54) is 12.1 Å². The molecule has 22 heavy (non-hydrogen) atoms. The molecule has 0 atom stereocenters. The van der Waals surface area contributed by atoms with Crippen LogP contribution in [0.25, 0.3) is 10.9 Å². The summed E-state index contributed by atoms with van der Waals surface area (Å²) in [4.78, 5) is 4.10. The summed E-state index contributed by atoms with van der Waals surface area (Å²) in [6.07, 6.45) is 0. The van der Waals surface area contributed by atoms with Gasteiger partial charge in [0, 0.05) is 5.39 Å². The number of halogens is 4. The van der Waals surface area contributed by atoms with Crippen LogP contribution in [0.2, 0.25) is 0 Å². The van der Waals surface area contributed by atoms with Gasteiger partial charge >= 0.3 is 0 Å². The van der Waals surface area contributed by atoms with Gasteiger partial charge in [-0.15, -0.1) is 0 Å². The lowest BCUT2D eigenvalue weighted by molar-refractivity contribution is 0.515. The Kier molecular flexibility index (Phi) is 3.78. The summed E-state index contributed by atoms with van der Waals surface area (Å²) in [5.41, 5.74) is 1.56. The molecule has 0 saturated heterocycles. The lowest BCUT2D eigenvalue weighted by atomic mass is 10.1. The maximum atomic E-state index is 13.7. The standard InChI is InChI=1S/C16H10BrF3N2/c1-8-13(22-12-4-2-3-10(18)14(12)17)7-9-5-6-11(19)15(20)16(9)21-8/h2-7,22H,1H3. The van der Waals surface area contributed by atoms with Crippen molar-refractivity contribution in [3.63, 3.8) is 0 Å². The average Bonchev–Trinajstić information content (AvgIpc) is 2.49. The minimum atomic E-state index is -0.973. The summed E-state index contributed by atoms with van der Waals surface area (Å²) in [6, 6.07) is 8.75. The van der Waals surface area contributed by atoms with Gasteiger partial charge in [-0.25, -0.2) is 18.2 Å². The van der Waals surface area contributed by atoms with Crippen LogP contribution in [0.15, 0.2) is 40.9 Å². The average molecular weight is 367 g/mol. The van der Waals surface area contributed by atoms with Crippen LogP contribution in [0.1, 0.15) is 5.69 Å². The van der Waals surface area contributed by atoms with E-state index in [4.69, 9.17) is 0 Å². The summed E-state index contributed by atoms with van der Waals surface area (Å²) >= 11 is 3.17. The van der Waals surface area contributed by atoms with Crippen LogP contribution in [0, 0.1) is 24.4 Å². The Balaban J connectivity index is 2.10. The third kappa shape index (κ3) is 2.54. The number of pyridine rings is 1. The van der Waals surface area contributed by atoms with Crippen LogP contribution in [-0.4, -0.2) is 4.98 Å². The molecule has 112 valence electrons. The van der Waals surface area contributed by atoms with Crippen molar-refractivity contribution >= 4 is 38.2 Å². The quantitative estimate of drug-likeness (QED) is 0.650. The number of hydrogen-bond acceptors (Lipinski definition) is 2. The van der Waals surface area contributed by atoms with Crippen molar-refractivity contribution in [1.82, 2.24) is 4.98 Å². The van der Waals surface area contributed by atoms with Gasteiger partial charge in [0.25, 0.3) is 0 Å². The van der Waals surface area contributed by atoms with Crippen molar-refractivity contribution in [3.05, 3.63) is 64.0 Å². The third-order valence-electron chi connectivity index (χ3n) is 3.29. The van der Waals surface area contributed by atoms with Gasteiger partial charge in [-0.05, 0) is 53.2 Å². The molecule has 0 unspecified atom stereocenters. The van der Waals surface area contributed by atoms with Crippen molar-refractivity contribution in [2.75, 3.05) is 5.32 Å². The number of benzene rings is 2. The molecule has 3 rings (SSSR count). The first kappa shape index (κ1) is 14.8. The number of nitrogens with one attached hydrogen (secondary N) is 1. The maximum Gasteiger partial charge on any atom is 0.184 e. The molecule has 1 N–H and O–H groups in total. The SMILES string of the molecule is Cc1nc2c(F)c(F)ccc2cc1Nc1cccc(F)c1Br. The molecule has 0 aliphatic rings. The number of aromatic nitrogens is 1. The predicted octanol–water partition coefficient (Wildman–Crippen LogP) is 5.47. The fourth-order valence-corrected chi connectivity index (χ4v) is 2.51. The molecular formula is C16H10BrF3N2. The minimum Gasteiger partial charge on any atom is -0.353 e. The highest BCUT2D eigenvalue weighted by Crippen LogP contribution is 2.31. The van der Waals surface area contributed by atoms with Crippen LogP contribution >= 0.6 is 15.9 Å². The molecule has 2 aromatic carbocycles. The first-order valence-electron chi connectivity index (χ1n) is 6.44. The van der Waals surface area contributed by atoms with Gasteiger partial charge < -0.3 is 5.32 Å². The smallest absolute Gasteiger partial charge is 0.184 e. The van der Waals surface area contributed by atoms with Crippen molar-refractivity contribution in [2.45, 2.75) is 6.92 Å². The van der Waals surface area contributed by atoms with E-state index in [-0.39, 0.29) is 5.52 Å². The number of hydrogen-bond donors (Lipinski definition) is 1. The van der Waals surface area contributed by atoms with E-state index in [0.29, 0.717) is 26.9 Å². The predicted molar refractivity (Wildman–Crippen MR) is 83.8 cm³/mol.